The van der Waals surface area contributed by atoms with Crippen molar-refractivity contribution < 1.29 is 4.79 Å². The molecule has 2 aromatic carbocycles. The van der Waals surface area contributed by atoms with Gasteiger partial charge in [0.05, 0.1) is 0 Å². The zero-order valence-electron chi connectivity index (χ0n) is 18.0. The van der Waals surface area contributed by atoms with E-state index in [1.54, 1.807) is 0 Å². The number of hydrogen-bond acceptors (Lipinski definition) is 5. The number of anilines is 1. The maximum Gasteiger partial charge on any atom is 0.221 e. The van der Waals surface area contributed by atoms with E-state index in [2.05, 4.69) is 71.8 Å². The molecule has 6 heteroatoms. The van der Waals surface area contributed by atoms with Gasteiger partial charge in [0.2, 0.25) is 11.0 Å². The molecule has 3 aromatic rings. The highest BCUT2D eigenvalue weighted by Gasteiger charge is 2.17. The van der Waals surface area contributed by atoms with Crippen LogP contribution in [0.25, 0.3) is 0 Å². The highest BCUT2D eigenvalue weighted by molar-refractivity contribution is 7.09. The van der Waals surface area contributed by atoms with Crippen LogP contribution in [0.15, 0.2) is 54.6 Å². The van der Waals surface area contributed by atoms with Crippen molar-refractivity contribution in [3.63, 3.8) is 0 Å². The molecule has 0 aliphatic heterocycles. The predicted octanol–water partition coefficient (Wildman–Crippen LogP) is 4.40. The van der Waals surface area contributed by atoms with Crippen molar-refractivity contribution in [3.05, 3.63) is 77.1 Å². The smallest absolute Gasteiger partial charge is 0.221 e. The number of aryl methyl sites for hydroxylation is 1. The first-order chi connectivity index (χ1) is 14.5. The number of carbonyl (C=O) groups excluding carboxylic acids is 1. The van der Waals surface area contributed by atoms with Crippen LogP contribution in [0.2, 0.25) is 0 Å². The number of aromatic nitrogens is 2. The molecule has 0 spiro atoms. The van der Waals surface area contributed by atoms with E-state index in [9.17, 15) is 4.79 Å². The lowest BCUT2D eigenvalue weighted by Gasteiger charge is -2.25. The molecule has 1 amide bonds. The summed E-state index contributed by atoms with van der Waals surface area (Å²) in [7, 11) is 0. The molecule has 0 unspecified atom stereocenters. The second-order valence-electron chi connectivity index (χ2n) is 7.78. The van der Waals surface area contributed by atoms with Crippen molar-refractivity contribution in [2.75, 3.05) is 18.0 Å². The first kappa shape index (κ1) is 22.0. The first-order valence-corrected chi connectivity index (χ1v) is 11.2. The lowest BCUT2D eigenvalue weighted by Crippen LogP contribution is -2.35. The maximum atomic E-state index is 12.3. The Balaban J connectivity index is 1.50. The Hall–Kier alpha value is -2.73. The summed E-state index contributed by atoms with van der Waals surface area (Å²) in [6.45, 7) is 7.61. The summed E-state index contributed by atoms with van der Waals surface area (Å²) in [5, 5.41) is 3.90. The van der Waals surface area contributed by atoms with Crippen LogP contribution >= 0.6 is 11.5 Å². The van der Waals surface area contributed by atoms with Crippen LogP contribution in [0, 0.1) is 6.92 Å². The molecule has 5 nitrogen and oxygen atoms in total. The number of hydrogen-bond donors (Lipinski definition) is 1. The van der Waals surface area contributed by atoms with Gasteiger partial charge in [-0.25, -0.2) is 4.98 Å². The minimum Gasteiger partial charge on any atom is -0.356 e. The monoisotopic (exact) mass is 422 g/mol. The van der Waals surface area contributed by atoms with Gasteiger partial charge in [-0.05, 0) is 38.3 Å². The standard InChI is InChI=1S/C24H30N4OS/c1-18(2)28(16-14-23(29)25-15-13-20-7-5-4-6-8-20)24-26-22(27-30-24)17-21-11-9-19(3)10-12-21/h4-12,18H,13-17H2,1-3H3,(H,25,29). The van der Waals surface area contributed by atoms with Gasteiger partial charge in [0.15, 0.2) is 0 Å². The van der Waals surface area contributed by atoms with Crippen molar-refractivity contribution in [2.45, 2.75) is 46.1 Å². The third-order valence-electron chi connectivity index (χ3n) is 4.97. The molecular formula is C24H30N4OS. The van der Waals surface area contributed by atoms with Crippen molar-refractivity contribution >= 4 is 22.6 Å². The molecule has 1 aromatic heterocycles. The number of benzene rings is 2. The normalized spacial score (nSPS) is 10.9. The summed E-state index contributed by atoms with van der Waals surface area (Å²) in [6, 6.07) is 18.9. The van der Waals surface area contributed by atoms with Crippen LogP contribution < -0.4 is 10.2 Å². The molecule has 0 fully saturated rings. The Bertz CT molecular complexity index is 922. The first-order valence-electron chi connectivity index (χ1n) is 10.5. The second kappa shape index (κ2) is 10.9. The predicted molar refractivity (Wildman–Crippen MR) is 124 cm³/mol. The van der Waals surface area contributed by atoms with Crippen molar-refractivity contribution in [2.24, 2.45) is 0 Å². The average Bonchev–Trinajstić information content (AvgIpc) is 3.18. The maximum absolute atomic E-state index is 12.3. The molecule has 1 N–H and O–H groups in total. The van der Waals surface area contributed by atoms with Crippen LogP contribution in [0.5, 0.6) is 0 Å². The zero-order chi connectivity index (χ0) is 21.3. The number of carbonyl (C=O) groups is 1. The lowest BCUT2D eigenvalue weighted by atomic mass is 10.1. The van der Waals surface area contributed by atoms with Gasteiger partial charge < -0.3 is 10.2 Å². The molecule has 30 heavy (non-hydrogen) atoms. The van der Waals surface area contributed by atoms with Crippen LogP contribution in [0.1, 0.15) is 42.8 Å². The molecule has 0 aliphatic rings. The molecule has 158 valence electrons. The highest BCUT2D eigenvalue weighted by Crippen LogP contribution is 2.21. The molecule has 0 bridgehead atoms. The van der Waals surface area contributed by atoms with Crippen LogP contribution in [0.3, 0.4) is 0 Å². The van der Waals surface area contributed by atoms with Crippen LogP contribution in [0.4, 0.5) is 5.13 Å². The number of nitrogens with one attached hydrogen (secondary N) is 1. The van der Waals surface area contributed by atoms with E-state index >= 15 is 0 Å². The van der Waals surface area contributed by atoms with E-state index in [0.717, 1.165) is 23.8 Å². The van der Waals surface area contributed by atoms with Gasteiger partial charge in [-0.1, -0.05) is 60.2 Å². The Labute approximate surface area is 183 Å². The van der Waals surface area contributed by atoms with Gasteiger partial charge in [-0.3, -0.25) is 4.79 Å². The van der Waals surface area contributed by atoms with E-state index < -0.39 is 0 Å². The molecular weight excluding hydrogens is 392 g/mol. The number of rotatable bonds is 10. The summed E-state index contributed by atoms with van der Waals surface area (Å²) in [5.41, 5.74) is 3.69. The Morgan fingerprint density at radius 3 is 2.50 bits per heavy atom. The van der Waals surface area contributed by atoms with Gasteiger partial charge in [0.25, 0.3) is 0 Å². The molecule has 1 heterocycles. The fourth-order valence-corrected chi connectivity index (χ4v) is 4.04. The molecule has 0 atom stereocenters. The van der Waals surface area contributed by atoms with Gasteiger partial charge in [-0.15, -0.1) is 0 Å². The van der Waals surface area contributed by atoms with Gasteiger partial charge in [0, 0.05) is 43.5 Å². The van der Waals surface area contributed by atoms with E-state index in [-0.39, 0.29) is 11.9 Å². The largest absolute Gasteiger partial charge is 0.356 e. The average molecular weight is 423 g/mol. The number of amides is 1. The third-order valence-corrected chi connectivity index (χ3v) is 5.76. The Morgan fingerprint density at radius 2 is 1.80 bits per heavy atom. The lowest BCUT2D eigenvalue weighted by molar-refractivity contribution is -0.120. The quantitative estimate of drug-likeness (QED) is 0.526. The second-order valence-corrected chi connectivity index (χ2v) is 8.51. The van der Waals surface area contributed by atoms with Gasteiger partial charge >= 0.3 is 0 Å². The van der Waals surface area contributed by atoms with Gasteiger partial charge in [-0.2, -0.15) is 4.37 Å². The Morgan fingerprint density at radius 1 is 1.07 bits per heavy atom. The summed E-state index contributed by atoms with van der Waals surface area (Å²) in [4.78, 5) is 19.2. The summed E-state index contributed by atoms with van der Waals surface area (Å²) in [5.74, 6) is 0.901. The summed E-state index contributed by atoms with van der Waals surface area (Å²) >= 11 is 1.41. The van der Waals surface area contributed by atoms with E-state index in [1.165, 1.54) is 28.2 Å². The number of nitrogens with zero attached hydrogens (tertiary/aromatic N) is 3. The van der Waals surface area contributed by atoms with E-state index in [1.807, 2.05) is 18.2 Å². The molecule has 0 saturated heterocycles. The SMILES string of the molecule is Cc1ccc(Cc2nsc(N(CCC(=O)NCCc3ccccc3)C(C)C)n2)cc1. The van der Waals surface area contributed by atoms with Crippen LogP contribution in [-0.4, -0.2) is 34.4 Å². The fourth-order valence-electron chi connectivity index (χ4n) is 3.20. The minimum absolute atomic E-state index is 0.0703. The van der Waals surface area contributed by atoms with Crippen molar-refractivity contribution in [3.8, 4) is 0 Å². The van der Waals surface area contributed by atoms with Crippen molar-refractivity contribution in [1.29, 1.82) is 0 Å². The minimum atomic E-state index is 0.0703. The van der Waals surface area contributed by atoms with E-state index in [0.29, 0.717) is 19.5 Å². The molecule has 3 rings (SSSR count). The van der Waals surface area contributed by atoms with Crippen LogP contribution in [-0.2, 0) is 17.6 Å². The topological polar surface area (TPSA) is 58.1 Å². The van der Waals surface area contributed by atoms with Gasteiger partial charge in [0.1, 0.15) is 5.82 Å². The zero-order valence-corrected chi connectivity index (χ0v) is 18.8. The third kappa shape index (κ3) is 6.66. The Kier molecular flexibility index (Phi) is 7.97. The van der Waals surface area contributed by atoms with Crippen molar-refractivity contribution in [1.82, 2.24) is 14.7 Å². The summed E-state index contributed by atoms with van der Waals surface area (Å²) in [6.07, 6.45) is 2.02. The summed E-state index contributed by atoms with van der Waals surface area (Å²) < 4.78 is 4.54. The highest BCUT2D eigenvalue weighted by atomic mass is 32.1. The fraction of sp³-hybridized carbons (Fsp3) is 0.375. The van der Waals surface area contributed by atoms with E-state index in [4.69, 9.17) is 4.98 Å². The molecule has 0 radical (unpaired) electrons. The molecule has 0 aliphatic carbocycles. The molecule has 0 saturated carbocycles.